The highest BCUT2D eigenvalue weighted by Crippen LogP contribution is 2.25. The van der Waals surface area contributed by atoms with Gasteiger partial charge in [-0.05, 0) is 36.4 Å². The molecule has 1 amide bonds. The average Bonchev–Trinajstić information content (AvgIpc) is 2.97. The predicted molar refractivity (Wildman–Crippen MR) is 101 cm³/mol. The summed E-state index contributed by atoms with van der Waals surface area (Å²) >= 11 is 3.41. The SMILES string of the molecule is CCC[NH+]1CCc2nc(NC(=O)c3ccc(SCC)cc3)sc2C1. The lowest BCUT2D eigenvalue weighted by Gasteiger charge is -2.22. The molecule has 1 atom stereocenters. The van der Waals surface area contributed by atoms with Crippen LogP contribution >= 0.6 is 23.1 Å². The summed E-state index contributed by atoms with van der Waals surface area (Å²) in [6, 6.07) is 7.77. The lowest BCUT2D eigenvalue weighted by Crippen LogP contribution is -3.11. The van der Waals surface area contributed by atoms with Gasteiger partial charge in [-0.25, -0.2) is 4.98 Å². The molecule has 0 saturated heterocycles. The van der Waals surface area contributed by atoms with E-state index in [2.05, 4.69) is 24.1 Å². The van der Waals surface area contributed by atoms with E-state index in [0.29, 0.717) is 5.56 Å². The summed E-state index contributed by atoms with van der Waals surface area (Å²) in [6.07, 6.45) is 2.22. The van der Waals surface area contributed by atoms with Crippen LogP contribution < -0.4 is 10.2 Å². The monoisotopic (exact) mass is 362 g/mol. The Morgan fingerprint density at radius 3 is 2.83 bits per heavy atom. The molecule has 4 nitrogen and oxygen atoms in total. The number of nitrogens with one attached hydrogen (secondary N) is 2. The zero-order valence-electron chi connectivity index (χ0n) is 14.2. The van der Waals surface area contributed by atoms with Crippen LogP contribution in [0.3, 0.4) is 0 Å². The van der Waals surface area contributed by atoms with Gasteiger partial charge in [0.1, 0.15) is 6.54 Å². The smallest absolute Gasteiger partial charge is 0.257 e. The first kappa shape index (κ1) is 17.5. The molecule has 6 heteroatoms. The molecule has 0 radical (unpaired) electrons. The van der Waals surface area contributed by atoms with Crippen molar-refractivity contribution in [1.29, 1.82) is 0 Å². The van der Waals surface area contributed by atoms with Crippen LogP contribution in [0.4, 0.5) is 5.13 Å². The molecule has 0 aliphatic carbocycles. The Morgan fingerprint density at radius 2 is 2.12 bits per heavy atom. The van der Waals surface area contributed by atoms with Crippen molar-refractivity contribution in [2.24, 2.45) is 0 Å². The van der Waals surface area contributed by atoms with Gasteiger partial charge in [0.05, 0.1) is 23.7 Å². The van der Waals surface area contributed by atoms with Crippen LogP contribution in [0.25, 0.3) is 0 Å². The molecular weight excluding hydrogens is 338 g/mol. The van der Waals surface area contributed by atoms with Crippen LogP contribution in [-0.4, -0.2) is 29.7 Å². The van der Waals surface area contributed by atoms with Crippen molar-refractivity contribution in [3.05, 3.63) is 40.4 Å². The highest BCUT2D eigenvalue weighted by Gasteiger charge is 2.23. The lowest BCUT2D eigenvalue weighted by atomic mass is 10.2. The molecular formula is C18H24N3OS2+. The predicted octanol–water partition coefficient (Wildman–Crippen LogP) is 2.86. The minimum Gasteiger partial charge on any atom is -0.330 e. The van der Waals surface area contributed by atoms with Crippen LogP contribution in [0.2, 0.25) is 0 Å². The van der Waals surface area contributed by atoms with Gasteiger partial charge in [-0.2, -0.15) is 0 Å². The third-order valence-electron chi connectivity index (χ3n) is 4.16. The van der Waals surface area contributed by atoms with Crippen molar-refractivity contribution in [2.75, 3.05) is 24.2 Å². The fourth-order valence-corrected chi connectivity index (χ4v) is 4.72. The number of aromatic nitrogens is 1. The Hall–Kier alpha value is -1.37. The maximum atomic E-state index is 12.4. The fourth-order valence-electron chi connectivity index (χ4n) is 2.99. The second-order valence-electron chi connectivity index (χ2n) is 5.98. The first-order valence-corrected chi connectivity index (χ1v) is 10.4. The molecule has 128 valence electrons. The zero-order chi connectivity index (χ0) is 16.9. The number of rotatable bonds is 6. The molecule has 24 heavy (non-hydrogen) atoms. The maximum Gasteiger partial charge on any atom is 0.257 e. The van der Waals surface area contributed by atoms with Gasteiger partial charge in [0.2, 0.25) is 0 Å². The number of amides is 1. The summed E-state index contributed by atoms with van der Waals surface area (Å²) in [5.41, 5.74) is 1.85. The Bertz CT molecular complexity index is 697. The maximum absolute atomic E-state index is 12.4. The number of fused-ring (bicyclic) bond motifs is 1. The molecule has 2 heterocycles. The normalized spacial score (nSPS) is 16.7. The van der Waals surface area contributed by atoms with E-state index in [-0.39, 0.29) is 5.91 Å². The van der Waals surface area contributed by atoms with Gasteiger partial charge in [-0.3, -0.25) is 10.1 Å². The molecule has 1 aromatic carbocycles. The van der Waals surface area contributed by atoms with E-state index in [9.17, 15) is 4.79 Å². The van der Waals surface area contributed by atoms with E-state index >= 15 is 0 Å². The van der Waals surface area contributed by atoms with E-state index in [1.54, 1.807) is 28.0 Å². The number of nitrogens with zero attached hydrogens (tertiary/aromatic N) is 1. The number of anilines is 1. The Morgan fingerprint density at radius 1 is 1.33 bits per heavy atom. The number of thioether (sulfide) groups is 1. The second-order valence-corrected chi connectivity index (χ2v) is 8.40. The number of quaternary nitrogens is 1. The quantitative estimate of drug-likeness (QED) is 0.777. The molecule has 1 aromatic heterocycles. The molecule has 0 fully saturated rings. The molecule has 0 spiro atoms. The number of benzene rings is 1. The van der Waals surface area contributed by atoms with Gasteiger partial charge >= 0.3 is 0 Å². The van der Waals surface area contributed by atoms with Crippen molar-refractivity contribution in [1.82, 2.24) is 4.98 Å². The number of carbonyl (C=O) groups excluding carboxylic acids is 1. The van der Waals surface area contributed by atoms with Gasteiger partial charge < -0.3 is 4.90 Å². The van der Waals surface area contributed by atoms with E-state index in [0.717, 1.165) is 30.4 Å². The van der Waals surface area contributed by atoms with Crippen LogP contribution in [0.1, 0.15) is 41.2 Å². The molecule has 2 N–H and O–H groups in total. The topological polar surface area (TPSA) is 46.4 Å². The summed E-state index contributed by atoms with van der Waals surface area (Å²) in [7, 11) is 0. The third-order valence-corrected chi connectivity index (χ3v) is 6.06. The summed E-state index contributed by atoms with van der Waals surface area (Å²) < 4.78 is 0. The van der Waals surface area contributed by atoms with Crippen molar-refractivity contribution < 1.29 is 9.69 Å². The highest BCUT2D eigenvalue weighted by molar-refractivity contribution is 7.99. The Balaban J connectivity index is 1.65. The molecule has 3 rings (SSSR count). The molecule has 0 saturated carbocycles. The van der Waals surface area contributed by atoms with Gasteiger partial charge in [-0.1, -0.05) is 25.2 Å². The van der Waals surface area contributed by atoms with Gasteiger partial charge in [0, 0.05) is 16.9 Å². The standard InChI is InChI=1S/C18H23N3OS2/c1-3-10-21-11-9-15-16(12-21)24-18(19-15)20-17(22)13-5-7-14(8-6-13)23-4-2/h5-8H,3-4,9-12H2,1-2H3,(H,19,20,22)/p+1. The van der Waals surface area contributed by atoms with Crippen molar-refractivity contribution in [3.63, 3.8) is 0 Å². The summed E-state index contributed by atoms with van der Waals surface area (Å²) in [4.78, 5) is 21.2. The first-order valence-electron chi connectivity index (χ1n) is 8.56. The van der Waals surface area contributed by atoms with Crippen molar-refractivity contribution >= 4 is 34.1 Å². The number of hydrogen-bond acceptors (Lipinski definition) is 4. The van der Waals surface area contributed by atoms with Crippen LogP contribution in [0, 0.1) is 0 Å². The van der Waals surface area contributed by atoms with Crippen molar-refractivity contribution in [3.8, 4) is 0 Å². The second kappa shape index (κ2) is 8.14. The minimum atomic E-state index is -0.0769. The molecule has 2 aromatic rings. The summed E-state index contributed by atoms with van der Waals surface area (Å²) in [5.74, 6) is 0.958. The van der Waals surface area contributed by atoms with Crippen LogP contribution in [-0.2, 0) is 13.0 Å². The highest BCUT2D eigenvalue weighted by atomic mass is 32.2. The van der Waals surface area contributed by atoms with E-state index in [1.165, 1.54) is 28.4 Å². The third kappa shape index (κ3) is 4.18. The molecule has 1 unspecified atom stereocenters. The largest absolute Gasteiger partial charge is 0.330 e. The first-order chi connectivity index (χ1) is 11.7. The van der Waals surface area contributed by atoms with E-state index in [1.807, 2.05) is 24.3 Å². The fraction of sp³-hybridized carbons (Fsp3) is 0.444. The van der Waals surface area contributed by atoms with E-state index in [4.69, 9.17) is 0 Å². The molecule has 1 aliphatic heterocycles. The Labute approximate surface area is 151 Å². The van der Waals surface area contributed by atoms with Gasteiger partial charge in [-0.15, -0.1) is 11.8 Å². The summed E-state index contributed by atoms with van der Waals surface area (Å²) in [5, 5.41) is 3.70. The Kier molecular flexibility index (Phi) is 5.92. The van der Waals surface area contributed by atoms with Gasteiger partial charge in [0.15, 0.2) is 5.13 Å². The van der Waals surface area contributed by atoms with Gasteiger partial charge in [0.25, 0.3) is 5.91 Å². The average molecular weight is 363 g/mol. The van der Waals surface area contributed by atoms with Crippen LogP contribution in [0.15, 0.2) is 29.2 Å². The number of hydrogen-bond donors (Lipinski definition) is 2. The molecule has 1 aliphatic rings. The number of thiazole rings is 1. The zero-order valence-corrected chi connectivity index (χ0v) is 15.9. The number of carbonyl (C=O) groups is 1. The molecule has 0 bridgehead atoms. The van der Waals surface area contributed by atoms with E-state index < -0.39 is 0 Å². The van der Waals surface area contributed by atoms with Crippen molar-refractivity contribution in [2.45, 2.75) is 38.1 Å². The minimum absolute atomic E-state index is 0.0769. The van der Waals surface area contributed by atoms with Crippen LogP contribution in [0.5, 0.6) is 0 Å². The summed E-state index contributed by atoms with van der Waals surface area (Å²) in [6.45, 7) is 7.75. The lowest BCUT2D eigenvalue weighted by molar-refractivity contribution is -0.915.